The summed E-state index contributed by atoms with van der Waals surface area (Å²) < 4.78 is 5.97. The molecule has 2 heteroatoms. The molecule has 0 heterocycles. The zero-order valence-electron chi connectivity index (χ0n) is 12.7. The smallest absolute Gasteiger partial charge is 0.330 e. The molecule has 0 radical (unpaired) electrons. The van der Waals surface area contributed by atoms with Gasteiger partial charge in [0, 0.05) is 11.5 Å². The Morgan fingerprint density at radius 3 is 2.58 bits per heavy atom. The topological polar surface area (TPSA) is 26.3 Å². The third kappa shape index (κ3) is 1.41. The van der Waals surface area contributed by atoms with Crippen LogP contribution < -0.4 is 0 Å². The number of hydrogen-bond acceptors (Lipinski definition) is 2. The predicted octanol–water partition coefficient (Wildman–Crippen LogP) is 3.96. The van der Waals surface area contributed by atoms with Crippen LogP contribution >= 0.6 is 0 Å². The fourth-order valence-corrected chi connectivity index (χ4v) is 5.71. The first kappa shape index (κ1) is 13.2. The molecular formula is C17H26O2. The van der Waals surface area contributed by atoms with Gasteiger partial charge in [-0.2, -0.15) is 0 Å². The van der Waals surface area contributed by atoms with Gasteiger partial charge in [-0.25, -0.2) is 4.79 Å². The van der Waals surface area contributed by atoms with E-state index in [1.165, 1.54) is 18.9 Å². The SMILES string of the molecule is C=CC(=O)OC12CC3CC(C1)C(C)C(C)(C3)C2(C)C. The van der Waals surface area contributed by atoms with E-state index in [0.29, 0.717) is 5.41 Å². The highest BCUT2D eigenvalue weighted by Crippen LogP contribution is 2.72. The van der Waals surface area contributed by atoms with Crippen LogP contribution in [-0.4, -0.2) is 11.6 Å². The molecule has 0 N–H and O–H groups in total. The second kappa shape index (κ2) is 3.65. The van der Waals surface area contributed by atoms with Crippen LogP contribution in [0.1, 0.15) is 53.4 Å². The van der Waals surface area contributed by atoms with Crippen LogP contribution in [-0.2, 0) is 9.53 Å². The second-order valence-electron chi connectivity index (χ2n) is 7.92. The van der Waals surface area contributed by atoms with Crippen LogP contribution in [0.4, 0.5) is 0 Å². The van der Waals surface area contributed by atoms with Gasteiger partial charge < -0.3 is 4.74 Å². The zero-order chi connectivity index (χ0) is 14.1. The molecule has 5 atom stereocenters. The Labute approximate surface area is 116 Å². The summed E-state index contributed by atoms with van der Waals surface area (Å²) in [5, 5.41) is 0. The first-order valence-corrected chi connectivity index (χ1v) is 7.61. The fourth-order valence-electron chi connectivity index (χ4n) is 5.71. The number of ether oxygens (including phenoxy) is 1. The predicted molar refractivity (Wildman–Crippen MR) is 75.5 cm³/mol. The van der Waals surface area contributed by atoms with Crippen LogP contribution in [0.3, 0.4) is 0 Å². The van der Waals surface area contributed by atoms with Crippen molar-refractivity contribution in [2.24, 2.45) is 28.6 Å². The van der Waals surface area contributed by atoms with Crippen LogP contribution in [0.2, 0.25) is 0 Å². The minimum atomic E-state index is -0.259. The minimum Gasteiger partial charge on any atom is -0.455 e. The molecule has 0 spiro atoms. The third-order valence-electron chi connectivity index (χ3n) is 7.30. The van der Waals surface area contributed by atoms with Crippen LogP contribution in [0.25, 0.3) is 0 Å². The van der Waals surface area contributed by atoms with Crippen LogP contribution in [0.5, 0.6) is 0 Å². The Kier molecular flexibility index (Phi) is 2.54. The molecular weight excluding hydrogens is 236 g/mol. The van der Waals surface area contributed by atoms with Crippen molar-refractivity contribution in [2.45, 2.75) is 59.0 Å². The summed E-state index contributed by atoms with van der Waals surface area (Å²) in [5.41, 5.74) is 0.0788. The second-order valence-corrected chi connectivity index (χ2v) is 7.92. The lowest BCUT2D eigenvalue weighted by Crippen LogP contribution is -2.70. The van der Waals surface area contributed by atoms with Crippen molar-refractivity contribution in [1.29, 1.82) is 0 Å². The summed E-state index contributed by atoms with van der Waals surface area (Å²) in [4.78, 5) is 11.8. The Bertz CT molecular complexity index is 439. The zero-order valence-corrected chi connectivity index (χ0v) is 12.7. The Hall–Kier alpha value is -0.790. The molecule has 106 valence electrons. The Morgan fingerprint density at radius 2 is 1.95 bits per heavy atom. The summed E-state index contributed by atoms with van der Waals surface area (Å²) >= 11 is 0. The van der Waals surface area contributed by atoms with Gasteiger partial charge in [-0.05, 0) is 48.9 Å². The maximum Gasteiger partial charge on any atom is 0.330 e. The molecule has 0 aromatic carbocycles. The lowest BCUT2D eigenvalue weighted by molar-refractivity contribution is -0.280. The number of esters is 1. The molecule has 0 aromatic rings. The number of rotatable bonds is 2. The van der Waals surface area contributed by atoms with Crippen molar-refractivity contribution < 1.29 is 9.53 Å². The molecule has 0 aromatic heterocycles. The highest BCUT2D eigenvalue weighted by atomic mass is 16.6. The quantitative estimate of drug-likeness (QED) is 0.556. The van der Waals surface area contributed by atoms with E-state index in [4.69, 9.17) is 4.74 Å². The van der Waals surface area contributed by atoms with Crippen molar-refractivity contribution in [3.63, 3.8) is 0 Å². The Balaban J connectivity index is 2.05. The molecule has 2 nitrogen and oxygen atoms in total. The van der Waals surface area contributed by atoms with Crippen molar-refractivity contribution in [3.05, 3.63) is 12.7 Å². The summed E-state index contributed by atoms with van der Waals surface area (Å²) in [5.74, 6) is 1.95. The van der Waals surface area contributed by atoms with Crippen molar-refractivity contribution in [1.82, 2.24) is 0 Å². The number of carbonyl (C=O) groups excluding carboxylic acids is 1. The number of carbonyl (C=O) groups is 1. The van der Waals surface area contributed by atoms with E-state index in [1.807, 2.05) is 0 Å². The molecule has 0 aliphatic heterocycles. The van der Waals surface area contributed by atoms with Gasteiger partial charge in [0.1, 0.15) is 5.60 Å². The van der Waals surface area contributed by atoms with Gasteiger partial charge in [0.2, 0.25) is 0 Å². The monoisotopic (exact) mass is 262 g/mol. The van der Waals surface area contributed by atoms with Gasteiger partial charge in [0.15, 0.2) is 0 Å². The molecule has 4 aliphatic carbocycles. The summed E-state index contributed by atoms with van der Waals surface area (Å²) in [6.45, 7) is 13.0. The Morgan fingerprint density at radius 1 is 1.26 bits per heavy atom. The van der Waals surface area contributed by atoms with E-state index < -0.39 is 0 Å². The molecule has 0 amide bonds. The average Bonchev–Trinajstić information content (AvgIpc) is 2.33. The molecule has 4 fully saturated rings. The van der Waals surface area contributed by atoms with E-state index >= 15 is 0 Å². The summed E-state index contributed by atoms with van der Waals surface area (Å²) in [6.07, 6.45) is 6.05. The largest absolute Gasteiger partial charge is 0.455 e. The number of hydrogen-bond donors (Lipinski definition) is 0. The van der Waals surface area contributed by atoms with E-state index in [1.54, 1.807) is 0 Å². The standard InChI is InChI=1S/C17H26O2/c1-6-14(18)19-17-9-12-7-13(10-17)11(2)16(5,8-12)15(17,3)4/h6,11-13H,1,7-10H2,2-5H3. The van der Waals surface area contributed by atoms with Gasteiger partial charge in [-0.15, -0.1) is 0 Å². The lowest BCUT2D eigenvalue weighted by atomic mass is 9.35. The summed E-state index contributed by atoms with van der Waals surface area (Å²) in [6, 6.07) is 0. The van der Waals surface area contributed by atoms with E-state index in [2.05, 4.69) is 34.3 Å². The van der Waals surface area contributed by atoms with Gasteiger partial charge >= 0.3 is 5.97 Å². The van der Waals surface area contributed by atoms with Crippen molar-refractivity contribution in [3.8, 4) is 0 Å². The van der Waals surface area contributed by atoms with Crippen molar-refractivity contribution in [2.75, 3.05) is 0 Å². The van der Waals surface area contributed by atoms with Crippen LogP contribution in [0, 0.1) is 28.6 Å². The third-order valence-corrected chi connectivity index (χ3v) is 7.30. The molecule has 19 heavy (non-hydrogen) atoms. The fraction of sp³-hybridized carbons (Fsp3) is 0.824. The molecule has 5 unspecified atom stereocenters. The molecule has 4 saturated carbocycles. The lowest BCUT2D eigenvalue weighted by Gasteiger charge is -2.71. The highest BCUT2D eigenvalue weighted by molar-refractivity contribution is 5.81. The maximum absolute atomic E-state index is 11.8. The minimum absolute atomic E-state index is 0.0471. The van der Waals surface area contributed by atoms with E-state index in [9.17, 15) is 4.79 Å². The molecule has 4 bridgehead atoms. The van der Waals surface area contributed by atoms with E-state index in [-0.39, 0.29) is 17.0 Å². The highest BCUT2D eigenvalue weighted by Gasteiger charge is 2.70. The van der Waals surface area contributed by atoms with Crippen molar-refractivity contribution >= 4 is 5.97 Å². The normalized spacial score (nSPS) is 50.0. The first-order chi connectivity index (χ1) is 8.76. The van der Waals surface area contributed by atoms with Gasteiger partial charge in [0.05, 0.1) is 0 Å². The van der Waals surface area contributed by atoms with Gasteiger partial charge in [-0.3, -0.25) is 0 Å². The molecule has 4 rings (SSSR count). The van der Waals surface area contributed by atoms with Crippen LogP contribution in [0.15, 0.2) is 12.7 Å². The maximum atomic E-state index is 11.8. The molecule has 0 saturated heterocycles. The average molecular weight is 262 g/mol. The summed E-state index contributed by atoms with van der Waals surface area (Å²) in [7, 11) is 0. The van der Waals surface area contributed by atoms with E-state index in [0.717, 1.165) is 30.6 Å². The first-order valence-electron chi connectivity index (χ1n) is 7.61. The van der Waals surface area contributed by atoms with Gasteiger partial charge in [0.25, 0.3) is 0 Å². The molecule has 4 aliphatic rings. The van der Waals surface area contributed by atoms with Gasteiger partial charge in [-0.1, -0.05) is 34.3 Å².